The Kier molecular flexibility index (Phi) is 3.60. The number of benzene rings is 1. The van der Waals surface area contributed by atoms with Gasteiger partial charge in [-0.1, -0.05) is 11.6 Å². The normalized spacial score (nSPS) is 18.5. The van der Waals surface area contributed by atoms with Gasteiger partial charge >= 0.3 is 0 Å². The van der Waals surface area contributed by atoms with E-state index in [9.17, 15) is 13.2 Å². The largest absolute Gasteiger partial charge is 0.476 e. The Hall–Kier alpha value is -1.47. The first-order valence-corrected chi connectivity index (χ1v) is 7.71. The predicted octanol–water partition coefficient (Wildman–Crippen LogP) is 0.613. The van der Waals surface area contributed by atoms with Gasteiger partial charge in [-0.25, -0.2) is 8.42 Å². The van der Waals surface area contributed by atoms with Crippen molar-refractivity contribution >= 4 is 33.2 Å². The van der Waals surface area contributed by atoms with E-state index >= 15 is 0 Å². The van der Waals surface area contributed by atoms with Crippen LogP contribution in [0.2, 0.25) is 5.02 Å². The number of rotatable bonds is 2. The molecule has 0 spiro atoms. The third-order valence-corrected chi connectivity index (χ3v) is 4.11. The van der Waals surface area contributed by atoms with Crippen molar-refractivity contribution in [1.29, 1.82) is 0 Å². The molecule has 0 aromatic heterocycles. The maximum Gasteiger partial charge on any atom is 0.262 e. The molecule has 0 radical (unpaired) electrons. The minimum absolute atomic E-state index is 0.0775. The third kappa shape index (κ3) is 2.76. The zero-order valence-electron chi connectivity index (χ0n) is 10.4. The van der Waals surface area contributed by atoms with E-state index in [0.29, 0.717) is 16.5 Å². The monoisotopic (exact) mass is 304 g/mol. The first kappa shape index (κ1) is 14.0. The van der Waals surface area contributed by atoms with E-state index in [2.05, 4.69) is 5.32 Å². The molecule has 0 saturated carbocycles. The number of hydrogen-bond acceptors (Lipinski definition) is 4. The molecule has 6 nitrogen and oxygen atoms in total. The number of hydrogen-bond donors (Lipinski definition) is 1. The summed E-state index contributed by atoms with van der Waals surface area (Å²) in [6.07, 6.45) is 0.192. The molecule has 1 amide bonds. The summed E-state index contributed by atoms with van der Waals surface area (Å²) >= 11 is 5.86. The summed E-state index contributed by atoms with van der Waals surface area (Å²) < 4.78 is 30.2. The Morgan fingerprint density at radius 3 is 2.79 bits per heavy atom. The molecule has 2 rings (SSSR count). The number of amides is 1. The van der Waals surface area contributed by atoms with Crippen LogP contribution in [0.3, 0.4) is 0 Å². The van der Waals surface area contributed by atoms with Crippen molar-refractivity contribution < 1.29 is 17.9 Å². The van der Waals surface area contributed by atoms with Crippen molar-refractivity contribution in [1.82, 2.24) is 5.32 Å². The average Bonchev–Trinajstić information content (AvgIpc) is 2.35. The fraction of sp³-hybridized carbons (Fsp3) is 0.364. The van der Waals surface area contributed by atoms with Gasteiger partial charge in [0.2, 0.25) is 10.0 Å². The molecule has 1 N–H and O–H groups in total. The van der Waals surface area contributed by atoms with Crippen LogP contribution in [0.5, 0.6) is 5.75 Å². The van der Waals surface area contributed by atoms with Crippen molar-refractivity contribution in [2.24, 2.45) is 0 Å². The predicted molar refractivity (Wildman–Crippen MR) is 72.1 cm³/mol. The number of ether oxygens (including phenoxy) is 1. The highest BCUT2D eigenvalue weighted by Gasteiger charge is 2.34. The van der Waals surface area contributed by atoms with Crippen LogP contribution in [0, 0.1) is 0 Å². The molecule has 1 aliphatic rings. The summed E-state index contributed by atoms with van der Waals surface area (Å²) in [5.74, 6) is -0.0658. The highest BCUT2D eigenvalue weighted by molar-refractivity contribution is 7.92. The molecular formula is C11H13ClN2O4S. The zero-order valence-corrected chi connectivity index (χ0v) is 12.0. The van der Waals surface area contributed by atoms with Gasteiger partial charge in [0, 0.05) is 12.1 Å². The summed E-state index contributed by atoms with van der Waals surface area (Å²) in [6, 6.07) is 4.62. The number of likely N-dealkylation sites (N-methyl/N-ethyl adjacent to an activating group) is 1. The minimum atomic E-state index is -3.52. The molecule has 0 bridgehead atoms. The summed E-state index contributed by atoms with van der Waals surface area (Å²) in [7, 11) is -2.05. The molecule has 104 valence electrons. The molecular weight excluding hydrogens is 292 g/mol. The second-order valence-corrected chi connectivity index (χ2v) is 6.47. The van der Waals surface area contributed by atoms with E-state index in [1.54, 1.807) is 12.1 Å². The van der Waals surface area contributed by atoms with E-state index in [1.165, 1.54) is 13.1 Å². The van der Waals surface area contributed by atoms with E-state index in [1.807, 2.05) is 0 Å². The highest BCUT2D eigenvalue weighted by Crippen LogP contribution is 2.36. The summed E-state index contributed by atoms with van der Waals surface area (Å²) in [4.78, 5) is 11.6. The Morgan fingerprint density at radius 2 is 2.21 bits per heavy atom. The number of nitrogens with one attached hydrogen (secondary N) is 1. The Morgan fingerprint density at radius 1 is 1.53 bits per heavy atom. The van der Waals surface area contributed by atoms with Gasteiger partial charge in [0.25, 0.3) is 5.91 Å². The Labute approximate surface area is 116 Å². The lowest BCUT2D eigenvalue weighted by atomic mass is 10.2. The molecule has 8 heteroatoms. The summed E-state index contributed by atoms with van der Waals surface area (Å²) in [6.45, 7) is -0.0775. The van der Waals surface area contributed by atoms with Crippen molar-refractivity contribution in [3.8, 4) is 5.75 Å². The van der Waals surface area contributed by atoms with Crippen LogP contribution >= 0.6 is 11.6 Å². The maximum absolute atomic E-state index is 11.8. The minimum Gasteiger partial charge on any atom is -0.476 e. The molecule has 0 saturated heterocycles. The van der Waals surface area contributed by atoms with Crippen molar-refractivity contribution in [3.63, 3.8) is 0 Å². The molecule has 0 aliphatic carbocycles. The molecule has 1 heterocycles. The molecule has 19 heavy (non-hydrogen) atoms. The topological polar surface area (TPSA) is 75.7 Å². The number of carbonyl (C=O) groups excluding carboxylic acids is 1. The molecule has 1 aromatic carbocycles. The SMILES string of the molecule is CNC(=O)C1CN(S(C)(=O)=O)c2cc(Cl)ccc2O1. The molecule has 1 atom stereocenters. The van der Waals surface area contributed by atoms with Gasteiger partial charge in [-0.2, -0.15) is 0 Å². The lowest BCUT2D eigenvalue weighted by molar-refractivity contribution is -0.127. The van der Waals surface area contributed by atoms with Gasteiger partial charge in [0.05, 0.1) is 18.5 Å². The lowest BCUT2D eigenvalue weighted by Gasteiger charge is -2.33. The van der Waals surface area contributed by atoms with Crippen LogP contribution in [-0.4, -0.2) is 40.3 Å². The highest BCUT2D eigenvalue weighted by atomic mass is 35.5. The summed E-state index contributed by atoms with van der Waals surface area (Å²) in [5.41, 5.74) is 0.343. The van der Waals surface area contributed by atoms with E-state index in [4.69, 9.17) is 16.3 Å². The number of sulfonamides is 1. The smallest absolute Gasteiger partial charge is 0.262 e. The van der Waals surface area contributed by atoms with Crippen LogP contribution in [0.15, 0.2) is 18.2 Å². The number of carbonyl (C=O) groups is 1. The average molecular weight is 305 g/mol. The van der Waals surface area contributed by atoms with Crippen LogP contribution in [-0.2, 0) is 14.8 Å². The van der Waals surface area contributed by atoms with Gasteiger partial charge in [-0.15, -0.1) is 0 Å². The van der Waals surface area contributed by atoms with Gasteiger partial charge in [-0.3, -0.25) is 9.10 Å². The Balaban J connectivity index is 2.49. The van der Waals surface area contributed by atoms with Crippen LogP contribution in [0.25, 0.3) is 0 Å². The Bertz CT molecular complexity index is 617. The van der Waals surface area contributed by atoms with E-state index in [-0.39, 0.29) is 12.5 Å². The van der Waals surface area contributed by atoms with E-state index in [0.717, 1.165) is 10.6 Å². The number of nitrogens with zero attached hydrogens (tertiary/aromatic N) is 1. The maximum atomic E-state index is 11.8. The fourth-order valence-corrected chi connectivity index (χ4v) is 2.91. The second-order valence-electron chi connectivity index (χ2n) is 4.13. The number of anilines is 1. The number of halogens is 1. The van der Waals surface area contributed by atoms with Gasteiger partial charge < -0.3 is 10.1 Å². The first-order chi connectivity index (χ1) is 8.82. The number of fused-ring (bicyclic) bond motifs is 1. The van der Waals surface area contributed by atoms with Crippen LogP contribution in [0.4, 0.5) is 5.69 Å². The molecule has 1 aromatic rings. The summed E-state index contributed by atoms with van der Waals surface area (Å²) in [5, 5.41) is 2.83. The van der Waals surface area contributed by atoms with Crippen molar-refractivity contribution in [2.45, 2.75) is 6.10 Å². The molecule has 0 fully saturated rings. The van der Waals surface area contributed by atoms with Crippen molar-refractivity contribution in [2.75, 3.05) is 24.2 Å². The molecule has 1 unspecified atom stereocenters. The van der Waals surface area contributed by atoms with Gasteiger partial charge in [0.1, 0.15) is 5.75 Å². The van der Waals surface area contributed by atoms with Crippen molar-refractivity contribution in [3.05, 3.63) is 23.2 Å². The van der Waals surface area contributed by atoms with Crippen LogP contribution in [0.1, 0.15) is 0 Å². The third-order valence-electron chi connectivity index (χ3n) is 2.73. The van der Waals surface area contributed by atoms with Crippen LogP contribution < -0.4 is 14.4 Å². The first-order valence-electron chi connectivity index (χ1n) is 5.48. The van der Waals surface area contributed by atoms with Gasteiger partial charge in [0.15, 0.2) is 6.10 Å². The fourth-order valence-electron chi connectivity index (χ4n) is 1.84. The zero-order chi connectivity index (χ0) is 14.2. The second kappa shape index (κ2) is 4.90. The molecule has 1 aliphatic heterocycles. The standard InChI is InChI=1S/C11H13ClN2O4S/c1-13-11(15)10-6-14(19(2,16)17)8-5-7(12)3-4-9(8)18-10/h3-5,10H,6H2,1-2H3,(H,13,15). The van der Waals surface area contributed by atoms with E-state index < -0.39 is 16.1 Å². The van der Waals surface area contributed by atoms with Gasteiger partial charge in [-0.05, 0) is 18.2 Å². The lowest BCUT2D eigenvalue weighted by Crippen LogP contribution is -2.49. The quantitative estimate of drug-likeness (QED) is 0.869.